The summed E-state index contributed by atoms with van der Waals surface area (Å²) in [7, 11) is 0. The minimum absolute atomic E-state index is 0.422. The average Bonchev–Trinajstić information content (AvgIpc) is 3.56. The van der Waals surface area contributed by atoms with Crippen LogP contribution in [0.4, 0.5) is 0 Å². The van der Waals surface area contributed by atoms with Crippen LogP contribution >= 0.6 is 0 Å². The highest BCUT2D eigenvalue weighted by molar-refractivity contribution is 5.80. The van der Waals surface area contributed by atoms with E-state index in [-0.39, 0.29) is 0 Å². The highest BCUT2D eigenvalue weighted by atomic mass is 16.1. The Kier molecular flexibility index (Phi) is 5.45. The molecule has 1 heteroatoms. The molecule has 28 heavy (non-hydrogen) atoms. The summed E-state index contributed by atoms with van der Waals surface area (Å²) in [6, 6.07) is 13.2. The van der Waals surface area contributed by atoms with Crippen molar-refractivity contribution >= 4 is 5.78 Å². The van der Waals surface area contributed by atoms with Crippen LogP contribution in [0.5, 0.6) is 0 Å². The van der Waals surface area contributed by atoms with Gasteiger partial charge >= 0.3 is 0 Å². The number of aryl methyl sites for hydroxylation is 2. The first-order valence-electron chi connectivity index (χ1n) is 11.1. The van der Waals surface area contributed by atoms with Crippen molar-refractivity contribution in [1.82, 2.24) is 0 Å². The molecule has 1 nitrogen and oxygen atoms in total. The maximum absolute atomic E-state index is 13.3. The van der Waals surface area contributed by atoms with E-state index in [1.807, 2.05) is 0 Å². The van der Waals surface area contributed by atoms with Gasteiger partial charge in [-0.05, 0) is 110 Å². The normalized spacial score (nSPS) is 18.7. The van der Waals surface area contributed by atoms with Crippen LogP contribution in [-0.4, -0.2) is 5.78 Å². The van der Waals surface area contributed by atoms with E-state index in [2.05, 4.69) is 64.1 Å². The number of Topliss-reactive ketones (excluding diaryl/α,β-unsaturated/α-hetero) is 1. The van der Waals surface area contributed by atoms with Crippen molar-refractivity contribution in [2.45, 2.75) is 78.1 Å². The number of hydrogen-bond acceptors (Lipinski definition) is 1. The fourth-order valence-electron chi connectivity index (χ4n) is 4.98. The topological polar surface area (TPSA) is 17.1 Å². The molecule has 0 heterocycles. The summed E-state index contributed by atoms with van der Waals surface area (Å²) in [5, 5.41) is 0. The van der Waals surface area contributed by atoms with Gasteiger partial charge in [-0.25, -0.2) is 0 Å². The van der Waals surface area contributed by atoms with Gasteiger partial charge in [-0.15, -0.1) is 0 Å². The molecule has 2 aromatic carbocycles. The summed E-state index contributed by atoms with van der Waals surface area (Å²) in [4.78, 5) is 13.3. The summed E-state index contributed by atoms with van der Waals surface area (Å²) >= 11 is 0. The minimum Gasteiger partial charge on any atom is -0.300 e. The fraction of sp³-hybridized carbons (Fsp3) is 0.519. The molecule has 0 bridgehead atoms. The molecule has 0 saturated heterocycles. The summed E-state index contributed by atoms with van der Waals surface area (Å²) in [5.41, 5.74) is 8.32. The van der Waals surface area contributed by atoms with Gasteiger partial charge in [0.2, 0.25) is 0 Å². The Balaban J connectivity index is 1.53. The van der Waals surface area contributed by atoms with Crippen LogP contribution in [0, 0.1) is 39.5 Å². The molecule has 2 unspecified atom stereocenters. The first-order valence-corrected chi connectivity index (χ1v) is 11.1. The maximum Gasteiger partial charge on any atom is 0.134 e. The van der Waals surface area contributed by atoms with Crippen LogP contribution in [0.3, 0.4) is 0 Å². The highest BCUT2D eigenvalue weighted by Gasteiger charge is 2.38. The molecule has 148 valence electrons. The molecule has 0 aliphatic heterocycles. The van der Waals surface area contributed by atoms with Crippen molar-refractivity contribution in [3.05, 3.63) is 69.8 Å². The smallest absolute Gasteiger partial charge is 0.134 e. The Morgan fingerprint density at radius 1 is 0.750 bits per heavy atom. The van der Waals surface area contributed by atoms with E-state index < -0.39 is 0 Å². The molecule has 2 aliphatic carbocycles. The standard InChI is InChI=1S/C27H34O/c1-17-7-5-9-24(19(17)3)26(21-11-12-21)15-23(28)16-27(22-13-14-22)25-10-6-8-18(2)20(25)4/h5-10,21-22,26-27H,11-16H2,1-4H3. The van der Waals surface area contributed by atoms with Crippen molar-refractivity contribution in [1.29, 1.82) is 0 Å². The second-order valence-electron chi connectivity index (χ2n) is 9.41. The predicted molar refractivity (Wildman–Crippen MR) is 117 cm³/mol. The molecule has 0 N–H and O–H groups in total. The van der Waals surface area contributed by atoms with E-state index in [4.69, 9.17) is 0 Å². The zero-order valence-corrected chi connectivity index (χ0v) is 17.9. The van der Waals surface area contributed by atoms with Crippen LogP contribution in [0.1, 0.15) is 83.7 Å². The van der Waals surface area contributed by atoms with Crippen LogP contribution in [0.25, 0.3) is 0 Å². The fourth-order valence-corrected chi connectivity index (χ4v) is 4.98. The summed E-state index contributed by atoms with van der Waals surface area (Å²) in [6.07, 6.45) is 6.59. The minimum atomic E-state index is 0.422. The zero-order chi connectivity index (χ0) is 19.8. The van der Waals surface area contributed by atoms with Crippen LogP contribution in [-0.2, 0) is 4.79 Å². The lowest BCUT2D eigenvalue weighted by Crippen LogP contribution is -2.15. The Hall–Kier alpha value is -1.89. The van der Waals surface area contributed by atoms with Gasteiger partial charge in [0.1, 0.15) is 5.78 Å². The molecule has 2 saturated carbocycles. The summed E-state index contributed by atoms with van der Waals surface area (Å²) in [6.45, 7) is 8.84. The molecule has 0 radical (unpaired) electrons. The lowest BCUT2D eigenvalue weighted by Gasteiger charge is -2.23. The van der Waals surface area contributed by atoms with Crippen molar-refractivity contribution < 1.29 is 4.79 Å². The summed E-state index contributed by atoms with van der Waals surface area (Å²) in [5.74, 6) is 2.74. The highest BCUT2D eigenvalue weighted by Crippen LogP contribution is 2.48. The third-order valence-corrected chi connectivity index (χ3v) is 7.37. The van der Waals surface area contributed by atoms with Gasteiger partial charge in [0, 0.05) is 12.8 Å². The average molecular weight is 375 g/mol. The van der Waals surface area contributed by atoms with Crippen molar-refractivity contribution in [2.24, 2.45) is 11.8 Å². The Bertz CT molecular complexity index is 798. The molecule has 2 atom stereocenters. The molecule has 4 rings (SSSR count). The van der Waals surface area contributed by atoms with E-state index in [1.165, 1.54) is 59.1 Å². The second kappa shape index (κ2) is 7.85. The maximum atomic E-state index is 13.3. The predicted octanol–water partition coefficient (Wildman–Crippen LogP) is 6.96. The van der Waals surface area contributed by atoms with Crippen LogP contribution in [0.15, 0.2) is 36.4 Å². The van der Waals surface area contributed by atoms with E-state index in [1.54, 1.807) is 0 Å². The number of carbonyl (C=O) groups excluding carboxylic acids is 1. The van der Waals surface area contributed by atoms with E-state index >= 15 is 0 Å². The Morgan fingerprint density at radius 2 is 1.14 bits per heavy atom. The largest absolute Gasteiger partial charge is 0.300 e. The molecule has 0 aromatic heterocycles. The molecular formula is C27H34O. The second-order valence-corrected chi connectivity index (χ2v) is 9.41. The molecule has 2 aliphatic rings. The van der Waals surface area contributed by atoms with Gasteiger partial charge in [-0.2, -0.15) is 0 Å². The third kappa shape index (κ3) is 4.09. The van der Waals surface area contributed by atoms with E-state index in [0.717, 1.165) is 12.8 Å². The number of hydrogen-bond donors (Lipinski definition) is 0. The summed E-state index contributed by atoms with van der Waals surface area (Å²) < 4.78 is 0. The molecule has 0 amide bonds. The van der Waals surface area contributed by atoms with Gasteiger partial charge in [0.15, 0.2) is 0 Å². The Labute approximate surface area is 170 Å². The van der Waals surface area contributed by atoms with Gasteiger partial charge in [0.25, 0.3) is 0 Å². The van der Waals surface area contributed by atoms with E-state index in [9.17, 15) is 4.79 Å². The quantitative estimate of drug-likeness (QED) is 0.488. The lowest BCUT2D eigenvalue weighted by atomic mass is 9.81. The first-order chi connectivity index (χ1) is 13.5. The van der Waals surface area contributed by atoms with E-state index in [0.29, 0.717) is 29.5 Å². The number of benzene rings is 2. The van der Waals surface area contributed by atoms with Crippen molar-refractivity contribution in [3.8, 4) is 0 Å². The van der Waals surface area contributed by atoms with Crippen LogP contribution in [0.2, 0.25) is 0 Å². The monoisotopic (exact) mass is 374 g/mol. The van der Waals surface area contributed by atoms with Crippen LogP contribution < -0.4 is 0 Å². The molecule has 2 fully saturated rings. The van der Waals surface area contributed by atoms with Gasteiger partial charge in [-0.1, -0.05) is 36.4 Å². The van der Waals surface area contributed by atoms with Crippen molar-refractivity contribution in [2.75, 3.05) is 0 Å². The SMILES string of the molecule is Cc1cccc(C(CC(=O)CC(c2cccc(C)c2C)C2CC2)C2CC2)c1C. The number of ketones is 1. The van der Waals surface area contributed by atoms with Gasteiger partial charge < -0.3 is 0 Å². The number of rotatable bonds is 8. The third-order valence-electron chi connectivity index (χ3n) is 7.37. The van der Waals surface area contributed by atoms with Crippen molar-refractivity contribution in [3.63, 3.8) is 0 Å². The molecule has 0 spiro atoms. The Morgan fingerprint density at radius 3 is 1.50 bits per heavy atom. The van der Waals surface area contributed by atoms with Gasteiger partial charge in [0.05, 0.1) is 0 Å². The zero-order valence-electron chi connectivity index (χ0n) is 17.9. The van der Waals surface area contributed by atoms with Gasteiger partial charge in [-0.3, -0.25) is 4.79 Å². The molecule has 2 aromatic rings. The molecular weight excluding hydrogens is 340 g/mol. The first kappa shape index (κ1) is 19.4. The lowest BCUT2D eigenvalue weighted by molar-refractivity contribution is -0.120. The number of carbonyl (C=O) groups is 1.